The first-order valence-electron chi connectivity index (χ1n) is 7.86. The molecule has 0 aromatic heterocycles. The summed E-state index contributed by atoms with van der Waals surface area (Å²) in [6.07, 6.45) is 0.902. The Bertz CT molecular complexity index is 796. The normalized spacial score (nSPS) is 21.3. The molecule has 0 amide bonds. The van der Waals surface area contributed by atoms with E-state index in [-0.39, 0.29) is 6.04 Å². The van der Waals surface area contributed by atoms with Gasteiger partial charge >= 0.3 is 0 Å². The van der Waals surface area contributed by atoms with Gasteiger partial charge in [-0.05, 0) is 44.5 Å². The zero-order valence-electron chi connectivity index (χ0n) is 13.5. The van der Waals surface area contributed by atoms with E-state index in [1.807, 2.05) is 12.1 Å². The predicted octanol–water partition coefficient (Wildman–Crippen LogP) is 5.04. The van der Waals surface area contributed by atoms with Crippen molar-refractivity contribution in [3.8, 4) is 5.75 Å². The van der Waals surface area contributed by atoms with Gasteiger partial charge in [0.2, 0.25) is 0 Å². The molecular weight excluding hydrogens is 352 g/mol. The van der Waals surface area contributed by atoms with Gasteiger partial charge < -0.3 is 4.74 Å². The number of rotatable bonds is 1. The summed E-state index contributed by atoms with van der Waals surface area (Å²) in [4.78, 5) is 0. The van der Waals surface area contributed by atoms with Crippen molar-refractivity contribution < 1.29 is 4.74 Å². The fourth-order valence-electron chi connectivity index (χ4n) is 3.36. The van der Waals surface area contributed by atoms with Crippen LogP contribution in [0.5, 0.6) is 5.75 Å². The number of hydrogen-bond acceptors (Lipinski definition) is 3. The smallest absolute Gasteiger partial charge is 0.192 e. The molecule has 1 atom stereocenters. The van der Waals surface area contributed by atoms with E-state index >= 15 is 0 Å². The fourth-order valence-corrected chi connectivity index (χ4v) is 3.74. The maximum absolute atomic E-state index is 6.19. The third-order valence-corrected chi connectivity index (χ3v) is 5.03. The molecule has 0 N–H and O–H groups in total. The van der Waals surface area contributed by atoms with E-state index < -0.39 is 5.72 Å². The Morgan fingerprint density at radius 1 is 1.17 bits per heavy atom. The molecule has 4 rings (SSSR count). The molecule has 0 fully saturated rings. The summed E-state index contributed by atoms with van der Waals surface area (Å²) in [5.41, 5.74) is 4.34. The fraction of sp³-hybridized carbons (Fsp3) is 0.316. The minimum Gasteiger partial charge on any atom is -0.467 e. The summed E-state index contributed by atoms with van der Waals surface area (Å²) >= 11 is 3.57. The molecule has 0 bridgehead atoms. The molecule has 2 aliphatic rings. The van der Waals surface area contributed by atoms with Crippen molar-refractivity contribution in [2.45, 2.75) is 39.0 Å². The van der Waals surface area contributed by atoms with Gasteiger partial charge in [0.05, 0.1) is 11.8 Å². The maximum atomic E-state index is 6.19. The largest absolute Gasteiger partial charge is 0.467 e. The van der Waals surface area contributed by atoms with Crippen molar-refractivity contribution in [3.63, 3.8) is 0 Å². The lowest BCUT2D eigenvalue weighted by Crippen LogP contribution is -2.48. The topological polar surface area (TPSA) is 24.8 Å². The zero-order chi connectivity index (χ0) is 16.2. The minimum atomic E-state index is -0.446. The Labute approximate surface area is 145 Å². The van der Waals surface area contributed by atoms with Gasteiger partial charge in [0, 0.05) is 16.5 Å². The molecule has 0 aliphatic carbocycles. The molecule has 3 nitrogen and oxygen atoms in total. The highest BCUT2D eigenvalue weighted by molar-refractivity contribution is 9.10. The van der Waals surface area contributed by atoms with Gasteiger partial charge in [-0.25, -0.2) is 5.01 Å². The Balaban J connectivity index is 1.77. The van der Waals surface area contributed by atoms with E-state index in [0.717, 1.165) is 22.4 Å². The van der Waals surface area contributed by atoms with Crippen LogP contribution in [0.3, 0.4) is 0 Å². The van der Waals surface area contributed by atoms with Gasteiger partial charge in [-0.3, -0.25) is 0 Å². The van der Waals surface area contributed by atoms with Gasteiger partial charge in [-0.15, -0.1) is 0 Å². The van der Waals surface area contributed by atoms with Crippen molar-refractivity contribution in [1.29, 1.82) is 0 Å². The summed E-state index contributed by atoms with van der Waals surface area (Å²) in [6.45, 7) is 6.26. The Kier molecular flexibility index (Phi) is 3.27. The summed E-state index contributed by atoms with van der Waals surface area (Å²) in [6, 6.07) is 15.0. The van der Waals surface area contributed by atoms with Crippen LogP contribution in [0.25, 0.3) is 0 Å². The number of halogens is 1. The predicted molar refractivity (Wildman–Crippen MR) is 95.8 cm³/mol. The molecule has 2 aromatic rings. The van der Waals surface area contributed by atoms with Gasteiger partial charge in [-0.1, -0.05) is 45.8 Å². The Morgan fingerprint density at radius 3 is 2.65 bits per heavy atom. The van der Waals surface area contributed by atoms with Gasteiger partial charge in [0.15, 0.2) is 5.72 Å². The van der Waals surface area contributed by atoms with Crippen LogP contribution in [0.1, 0.15) is 43.0 Å². The van der Waals surface area contributed by atoms with E-state index in [2.05, 4.69) is 72.0 Å². The molecule has 2 aliphatic heterocycles. The standard InChI is InChI=1S/C19H19BrN2O/c1-12-4-6-13(7-5-12)16-11-17-15-10-14(20)8-9-18(15)23-19(2,3)22(17)21-16/h4-10,17H,11H2,1-3H3/t17-/m1/s1. The number of aryl methyl sites for hydroxylation is 1. The van der Waals surface area contributed by atoms with Crippen LogP contribution in [-0.2, 0) is 0 Å². The third-order valence-electron chi connectivity index (χ3n) is 4.54. The van der Waals surface area contributed by atoms with E-state index in [4.69, 9.17) is 9.84 Å². The van der Waals surface area contributed by atoms with Crippen molar-refractivity contribution >= 4 is 21.6 Å². The van der Waals surface area contributed by atoms with Crippen LogP contribution < -0.4 is 4.74 Å². The van der Waals surface area contributed by atoms with Gasteiger partial charge in [0.1, 0.15) is 5.75 Å². The van der Waals surface area contributed by atoms with E-state index in [0.29, 0.717) is 0 Å². The molecule has 0 saturated heterocycles. The lowest BCUT2D eigenvalue weighted by molar-refractivity contribution is -0.0911. The van der Waals surface area contributed by atoms with Crippen molar-refractivity contribution in [1.82, 2.24) is 5.01 Å². The highest BCUT2D eigenvalue weighted by Crippen LogP contribution is 2.47. The van der Waals surface area contributed by atoms with Crippen LogP contribution in [0.4, 0.5) is 0 Å². The second-order valence-electron chi connectivity index (χ2n) is 6.71. The number of nitrogens with zero attached hydrogens (tertiary/aromatic N) is 2. The molecule has 2 aromatic carbocycles. The maximum Gasteiger partial charge on any atom is 0.192 e. The number of benzene rings is 2. The van der Waals surface area contributed by atoms with E-state index in [1.165, 1.54) is 16.7 Å². The number of ether oxygens (including phenoxy) is 1. The second kappa shape index (κ2) is 5.10. The molecule has 118 valence electrons. The lowest BCUT2D eigenvalue weighted by atomic mass is 9.95. The molecule has 0 radical (unpaired) electrons. The van der Waals surface area contributed by atoms with Crippen LogP contribution in [0, 0.1) is 6.92 Å². The third kappa shape index (κ3) is 2.45. The SMILES string of the molecule is Cc1ccc(C2=NN3[C@H](C2)c2cc(Br)ccc2OC3(C)C)cc1. The average molecular weight is 371 g/mol. The second-order valence-corrected chi connectivity index (χ2v) is 7.62. The molecule has 2 heterocycles. The zero-order valence-corrected chi connectivity index (χ0v) is 15.1. The quantitative estimate of drug-likeness (QED) is 0.702. The summed E-state index contributed by atoms with van der Waals surface area (Å²) in [7, 11) is 0. The van der Waals surface area contributed by atoms with Crippen LogP contribution in [0.15, 0.2) is 52.0 Å². The van der Waals surface area contributed by atoms with Crippen molar-refractivity contribution in [3.05, 3.63) is 63.6 Å². The van der Waals surface area contributed by atoms with Crippen LogP contribution in [0.2, 0.25) is 0 Å². The van der Waals surface area contributed by atoms with Crippen LogP contribution >= 0.6 is 15.9 Å². The lowest BCUT2D eigenvalue weighted by Gasteiger charge is -2.43. The van der Waals surface area contributed by atoms with Gasteiger partial charge in [0.25, 0.3) is 0 Å². The summed E-state index contributed by atoms with van der Waals surface area (Å²) in [5.74, 6) is 0.958. The molecular formula is C19H19BrN2O. The minimum absolute atomic E-state index is 0.225. The first-order valence-corrected chi connectivity index (χ1v) is 8.66. The molecule has 4 heteroatoms. The highest BCUT2D eigenvalue weighted by Gasteiger charge is 2.44. The highest BCUT2D eigenvalue weighted by atomic mass is 79.9. The number of hydrogen-bond donors (Lipinski definition) is 0. The summed E-state index contributed by atoms with van der Waals surface area (Å²) < 4.78 is 7.26. The van der Waals surface area contributed by atoms with Crippen molar-refractivity contribution in [2.75, 3.05) is 0 Å². The summed E-state index contributed by atoms with van der Waals surface area (Å²) in [5, 5.41) is 7.01. The average Bonchev–Trinajstić information content (AvgIpc) is 2.95. The Morgan fingerprint density at radius 2 is 1.91 bits per heavy atom. The Hall–Kier alpha value is -1.81. The first-order chi connectivity index (χ1) is 10.9. The number of fused-ring (bicyclic) bond motifs is 3. The van der Waals surface area contributed by atoms with Crippen molar-refractivity contribution in [2.24, 2.45) is 5.10 Å². The molecule has 0 spiro atoms. The molecule has 23 heavy (non-hydrogen) atoms. The molecule has 0 unspecified atom stereocenters. The van der Waals surface area contributed by atoms with E-state index in [9.17, 15) is 0 Å². The number of hydrazone groups is 1. The molecule has 0 saturated carbocycles. The van der Waals surface area contributed by atoms with Gasteiger partial charge in [-0.2, -0.15) is 5.10 Å². The van der Waals surface area contributed by atoms with E-state index in [1.54, 1.807) is 0 Å². The van der Waals surface area contributed by atoms with Crippen LogP contribution in [-0.4, -0.2) is 16.4 Å². The first kappa shape index (κ1) is 14.8. The monoisotopic (exact) mass is 370 g/mol.